The van der Waals surface area contributed by atoms with E-state index in [4.69, 9.17) is 11.0 Å². The van der Waals surface area contributed by atoms with Crippen LogP contribution in [0.1, 0.15) is 23.8 Å². The van der Waals surface area contributed by atoms with Gasteiger partial charge < -0.3 is 5.73 Å². The van der Waals surface area contributed by atoms with Crippen molar-refractivity contribution in [3.05, 3.63) is 44.6 Å². The number of nitro benzene ring substituents is 1. The lowest BCUT2D eigenvalue weighted by atomic mass is 10.0. The highest BCUT2D eigenvalue weighted by Crippen LogP contribution is 2.40. The largest absolute Gasteiger partial charge is 0.397 e. The average Bonchev–Trinajstić information content (AvgIpc) is 2.75. The molecule has 0 bridgehead atoms. The highest BCUT2D eigenvalue weighted by Gasteiger charge is 2.19. The molecule has 0 radical (unpaired) electrons. The van der Waals surface area contributed by atoms with E-state index in [0.717, 1.165) is 29.4 Å². The molecule has 21 heavy (non-hydrogen) atoms. The van der Waals surface area contributed by atoms with Gasteiger partial charge in [0.05, 0.1) is 16.7 Å². The molecule has 0 spiro atoms. The maximum Gasteiger partial charge on any atom is 0.273 e. The van der Waals surface area contributed by atoms with Gasteiger partial charge in [-0.2, -0.15) is 5.26 Å². The van der Waals surface area contributed by atoms with E-state index in [1.54, 1.807) is 0 Å². The lowest BCUT2D eigenvalue weighted by Gasteiger charge is -2.04. The second-order valence-electron chi connectivity index (χ2n) is 4.47. The third kappa shape index (κ3) is 2.85. The maximum atomic E-state index is 13.6. The van der Waals surface area contributed by atoms with Gasteiger partial charge in [-0.1, -0.05) is 13.3 Å². The number of rotatable bonds is 4. The van der Waals surface area contributed by atoms with Gasteiger partial charge in [0.15, 0.2) is 0 Å². The summed E-state index contributed by atoms with van der Waals surface area (Å²) in [4.78, 5) is 11.2. The van der Waals surface area contributed by atoms with Crippen LogP contribution < -0.4 is 5.73 Å². The van der Waals surface area contributed by atoms with E-state index in [0.29, 0.717) is 27.4 Å². The van der Waals surface area contributed by atoms with Crippen molar-refractivity contribution >= 4 is 22.7 Å². The van der Waals surface area contributed by atoms with Crippen molar-refractivity contribution in [2.75, 3.05) is 5.73 Å². The van der Waals surface area contributed by atoms with Gasteiger partial charge in [0.1, 0.15) is 16.8 Å². The van der Waals surface area contributed by atoms with Gasteiger partial charge >= 0.3 is 0 Å². The molecular weight excluding hydrogens is 293 g/mol. The van der Waals surface area contributed by atoms with E-state index in [1.807, 2.05) is 13.0 Å². The summed E-state index contributed by atoms with van der Waals surface area (Å²) in [6.07, 6.45) is 1.43. The van der Waals surface area contributed by atoms with Gasteiger partial charge in [-0.3, -0.25) is 10.1 Å². The van der Waals surface area contributed by atoms with Crippen LogP contribution in [0.5, 0.6) is 0 Å². The van der Waals surface area contributed by atoms with Crippen molar-refractivity contribution in [3.63, 3.8) is 0 Å². The van der Waals surface area contributed by atoms with Crippen molar-refractivity contribution in [1.29, 1.82) is 5.26 Å². The number of anilines is 1. The molecular formula is C14H12FN3O2S. The van der Waals surface area contributed by atoms with Crippen LogP contribution in [0.2, 0.25) is 0 Å². The summed E-state index contributed by atoms with van der Waals surface area (Å²) in [5.41, 5.74) is 7.12. The molecule has 0 aliphatic heterocycles. The van der Waals surface area contributed by atoms with Crippen LogP contribution in [0.3, 0.4) is 0 Å². The number of non-ortho nitro benzene ring substituents is 1. The second-order valence-corrected chi connectivity index (χ2v) is 5.49. The number of nitriles is 1. The number of nitrogens with two attached hydrogens (primary N) is 1. The van der Waals surface area contributed by atoms with Crippen molar-refractivity contribution in [3.8, 4) is 16.5 Å². The monoisotopic (exact) mass is 305 g/mol. The standard InChI is InChI=1S/C14H12FN3O2S/c1-2-3-11-13(17)12(7-16)21-14(11)8-4-9(15)6-10(5-8)18(19)20/h4-6H,2-3,17H2,1H3. The quantitative estimate of drug-likeness (QED) is 0.685. The number of hydrogen-bond donors (Lipinski definition) is 1. The Morgan fingerprint density at radius 3 is 2.76 bits per heavy atom. The number of benzene rings is 1. The number of nitrogens with zero attached hydrogens (tertiary/aromatic N) is 2. The van der Waals surface area contributed by atoms with E-state index >= 15 is 0 Å². The molecule has 1 aromatic heterocycles. The molecule has 1 aromatic carbocycles. The fourth-order valence-corrected chi connectivity index (χ4v) is 3.16. The van der Waals surface area contributed by atoms with Crippen molar-refractivity contribution in [1.82, 2.24) is 0 Å². The molecule has 0 amide bonds. The van der Waals surface area contributed by atoms with Crippen LogP contribution in [-0.4, -0.2) is 4.92 Å². The van der Waals surface area contributed by atoms with E-state index in [9.17, 15) is 14.5 Å². The third-order valence-electron chi connectivity index (χ3n) is 3.01. The summed E-state index contributed by atoms with van der Waals surface area (Å²) >= 11 is 1.13. The summed E-state index contributed by atoms with van der Waals surface area (Å²) in [7, 11) is 0. The number of halogens is 1. The first-order valence-electron chi connectivity index (χ1n) is 6.24. The van der Waals surface area contributed by atoms with Crippen LogP contribution >= 0.6 is 11.3 Å². The Bertz CT molecular complexity index is 749. The summed E-state index contributed by atoms with van der Waals surface area (Å²) < 4.78 is 13.6. The third-order valence-corrected chi connectivity index (χ3v) is 4.21. The number of nitro groups is 1. The maximum absolute atomic E-state index is 13.6. The first-order chi connectivity index (χ1) is 9.97. The Labute approximate surface area is 124 Å². The molecule has 7 heteroatoms. The van der Waals surface area contributed by atoms with Gasteiger partial charge in [0, 0.05) is 16.5 Å². The lowest BCUT2D eigenvalue weighted by Crippen LogP contribution is -1.94. The molecule has 2 rings (SSSR count). The highest BCUT2D eigenvalue weighted by molar-refractivity contribution is 7.16. The van der Waals surface area contributed by atoms with Gasteiger partial charge in [-0.05, 0) is 18.1 Å². The molecule has 0 atom stereocenters. The van der Waals surface area contributed by atoms with E-state index in [1.165, 1.54) is 12.1 Å². The van der Waals surface area contributed by atoms with E-state index in [-0.39, 0.29) is 5.69 Å². The molecule has 108 valence electrons. The Hall–Kier alpha value is -2.46. The van der Waals surface area contributed by atoms with Crippen molar-refractivity contribution in [2.24, 2.45) is 0 Å². The van der Waals surface area contributed by atoms with Crippen molar-refractivity contribution < 1.29 is 9.31 Å². The molecule has 5 nitrogen and oxygen atoms in total. The molecule has 1 heterocycles. The second kappa shape index (κ2) is 5.89. The van der Waals surface area contributed by atoms with E-state index in [2.05, 4.69) is 0 Å². The van der Waals surface area contributed by atoms with Gasteiger partial charge in [0.25, 0.3) is 5.69 Å². The minimum absolute atomic E-state index is 0.321. The molecule has 0 aliphatic carbocycles. The predicted octanol–water partition coefficient (Wildman–Crippen LogP) is 3.87. The smallest absolute Gasteiger partial charge is 0.273 e. The summed E-state index contributed by atoms with van der Waals surface area (Å²) in [5.74, 6) is -0.688. The number of thiophene rings is 1. The Kier molecular flexibility index (Phi) is 4.19. The normalized spacial score (nSPS) is 10.3. The molecule has 0 aliphatic rings. The van der Waals surface area contributed by atoms with Crippen LogP contribution in [0, 0.1) is 27.3 Å². The zero-order valence-electron chi connectivity index (χ0n) is 11.2. The number of hydrogen-bond acceptors (Lipinski definition) is 5. The fourth-order valence-electron chi connectivity index (χ4n) is 2.10. The predicted molar refractivity (Wildman–Crippen MR) is 79.5 cm³/mol. The molecule has 2 aromatic rings. The van der Waals surface area contributed by atoms with E-state index < -0.39 is 10.7 Å². The minimum atomic E-state index is -0.688. The van der Waals surface area contributed by atoms with Crippen molar-refractivity contribution in [2.45, 2.75) is 19.8 Å². The van der Waals surface area contributed by atoms with Gasteiger partial charge in [-0.25, -0.2) is 4.39 Å². The average molecular weight is 305 g/mol. The molecule has 0 saturated heterocycles. The number of nitrogen functional groups attached to an aromatic ring is 1. The Balaban J connectivity index is 2.66. The van der Waals surface area contributed by atoms with Crippen LogP contribution in [0.15, 0.2) is 18.2 Å². The molecule has 0 saturated carbocycles. The summed E-state index contributed by atoms with van der Waals surface area (Å²) in [6, 6.07) is 5.39. The van der Waals surface area contributed by atoms with Crippen LogP contribution in [0.4, 0.5) is 15.8 Å². The Morgan fingerprint density at radius 2 is 2.19 bits per heavy atom. The summed E-state index contributed by atoms with van der Waals surface area (Å²) in [6.45, 7) is 1.96. The summed E-state index contributed by atoms with van der Waals surface area (Å²) in [5, 5.41) is 19.9. The zero-order chi connectivity index (χ0) is 15.6. The Morgan fingerprint density at radius 1 is 1.48 bits per heavy atom. The van der Waals surface area contributed by atoms with Gasteiger partial charge in [0.2, 0.25) is 0 Å². The fraction of sp³-hybridized carbons (Fsp3) is 0.214. The zero-order valence-corrected chi connectivity index (χ0v) is 12.0. The minimum Gasteiger partial charge on any atom is -0.397 e. The lowest BCUT2D eigenvalue weighted by molar-refractivity contribution is -0.385. The molecule has 2 N–H and O–H groups in total. The van der Waals surface area contributed by atoms with Gasteiger partial charge in [-0.15, -0.1) is 11.3 Å². The highest BCUT2D eigenvalue weighted by atomic mass is 32.1. The molecule has 0 fully saturated rings. The topological polar surface area (TPSA) is 93.0 Å². The van der Waals surface area contributed by atoms with Crippen LogP contribution in [0.25, 0.3) is 10.4 Å². The first-order valence-corrected chi connectivity index (χ1v) is 7.06. The molecule has 0 unspecified atom stereocenters. The van der Waals surface area contributed by atoms with Crippen LogP contribution in [-0.2, 0) is 6.42 Å². The first kappa shape index (κ1) is 14.9. The SMILES string of the molecule is CCCc1c(-c2cc(F)cc([N+](=O)[O-])c2)sc(C#N)c1N.